The zero-order valence-electron chi connectivity index (χ0n) is 19.5. The first kappa shape index (κ1) is 24.2. The predicted molar refractivity (Wildman–Crippen MR) is 136 cm³/mol. The van der Waals surface area contributed by atoms with Crippen LogP contribution in [0.15, 0.2) is 83.4 Å². The molecule has 35 heavy (non-hydrogen) atoms. The normalized spacial score (nSPS) is 15.2. The van der Waals surface area contributed by atoms with Crippen LogP contribution >= 0.6 is 11.6 Å². The number of nitrogens with two attached hydrogens (primary N) is 1. The van der Waals surface area contributed by atoms with Crippen LogP contribution in [0.1, 0.15) is 29.7 Å². The van der Waals surface area contributed by atoms with E-state index in [1.54, 1.807) is 26.2 Å². The van der Waals surface area contributed by atoms with Crippen LogP contribution in [0.3, 0.4) is 0 Å². The Morgan fingerprint density at radius 3 is 2.49 bits per heavy atom. The van der Waals surface area contributed by atoms with Gasteiger partial charge < -0.3 is 25.3 Å². The first-order valence-electron chi connectivity index (χ1n) is 11.1. The van der Waals surface area contributed by atoms with Gasteiger partial charge in [0.15, 0.2) is 17.5 Å². The molecule has 3 aromatic carbocycles. The fourth-order valence-corrected chi connectivity index (χ4v) is 3.91. The van der Waals surface area contributed by atoms with Gasteiger partial charge in [-0.15, -0.1) is 0 Å². The summed E-state index contributed by atoms with van der Waals surface area (Å²) in [6.45, 7) is 2.34. The number of rotatable bonds is 8. The van der Waals surface area contributed by atoms with Gasteiger partial charge in [-0.05, 0) is 47.9 Å². The lowest BCUT2D eigenvalue weighted by molar-refractivity contribution is -0.138. The van der Waals surface area contributed by atoms with Crippen molar-refractivity contribution in [3.8, 4) is 11.5 Å². The molecule has 0 saturated carbocycles. The molecule has 0 saturated heterocycles. The van der Waals surface area contributed by atoms with Crippen molar-refractivity contribution < 1.29 is 19.0 Å². The molecule has 3 aromatic rings. The monoisotopic (exact) mass is 491 g/mol. The van der Waals surface area contributed by atoms with E-state index in [2.05, 4.69) is 10.3 Å². The maximum atomic E-state index is 13.1. The minimum absolute atomic E-state index is 0.198. The number of carbonyl (C=O) groups excluding carboxylic acids is 1. The SMILES string of the molecule is CCOC(=O)C1=C(c2ccccc2)NC(N)=N[C@H]1c1ccc(OCc2ccc(Cl)cc2)c(OC)c1. The Balaban J connectivity index is 1.70. The summed E-state index contributed by atoms with van der Waals surface area (Å²) in [6, 6.07) is 21.6. The molecule has 0 amide bonds. The van der Waals surface area contributed by atoms with Gasteiger partial charge in [0.2, 0.25) is 0 Å². The number of halogens is 1. The van der Waals surface area contributed by atoms with Crippen molar-refractivity contribution in [2.75, 3.05) is 13.7 Å². The predicted octanol–water partition coefficient (Wildman–Crippen LogP) is 4.86. The zero-order chi connectivity index (χ0) is 24.8. The summed E-state index contributed by atoms with van der Waals surface area (Å²) in [7, 11) is 1.56. The van der Waals surface area contributed by atoms with E-state index in [9.17, 15) is 4.79 Å². The van der Waals surface area contributed by atoms with Crippen LogP contribution in [-0.2, 0) is 16.1 Å². The number of hydrogen-bond acceptors (Lipinski definition) is 7. The summed E-state index contributed by atoms with van der Waals surface area (Å²) in [5.41, 5.74) is 9.54. The van der Waals surface area contributed by atoms with Gasteiger partial charge in [-0.25, -0.2) is 9.79 Å². The molecule has 1 aliphatic heterocycles. The van der Waals surface area contributed by atoms with E-state index >= 15 is 0 Å². The molecular weight excluding hydrogens is 466 g/mol. The summed E-state index contributed by atoms with van der Waals surface area (Å²) >= 11 is 5.96. The van der Waals surface area contributed by atoms with Crippen LogP contribution in [0.2, 0.25) is 5.02 Å². The Labute approximate surface area is 209 Å². The molecule has 180 valence electrons. The Kier molecular flexibility index (Phi) is 7.57. The summed E-state index contributed by atoms with van der Waals surface area (Å²) in [5.74, 6) is 0.793. The van der Waals surface area contributed by atoms with Crippen molar-refractivity contribution in [1.82, 2.24) is 5.32 Å². The average Bonchev–Trinajstić information content (AvgIpc) is 2.88. The topological polar surface area (TPSA) is 95.2 Å². The van der Waals surface area contributed by atoms with Crippen LogP contribution in [0.5, 0.6) is 11.5 Å². The number of hydrogen-bond donors (Lipinski definition) is 2. The van der Waals surface area contributed by atoms with Gasteiger partial charge in [-0.2, -0.15) is 0 Å². The lowest BCUT2D eigenvalue weighted by Gasteiger charge is -2.26. The van der Waals surface area contributed by atoms with E-state index in [4.69, 9.17) is 31.5 Å². The molecule has 7 nitrogen and oxygen atoms in total. The lowest BCUT2D eigenvalue weighted by Crippen LogP contribution is -2.37. The molecule has 0 aliphatic carbocycles. The number of methoxy groups -OCH3 is 1. The molecule has 1 heterocycles. The van der Waals surface area contributed by atoms with Crippen LogP contribution in [0.25, 0.3) is 5.70 Å². The van der Waals surface area contributed by atoms with Crippen LogP contribution < -0.4 is 20.5 Å². The quantitative estimate of drug-likeness (QED) is 0.437. The fourth-order valence-electron chi connectivity index (χ4n) is 3.78. The van der Waals surface area contributed by atoms with Crippen LogP contribution in [0, 0.1) is 0 Å². The van der Waals surface area contributed by atoms with Gasteiger partial charge >= 0.3 is 5.97 Å². The summed E-state index contributed by atoms with van der Waals surface area (Å²) < 4.78 is 17.0. The van der Waals surface area contributed by atoms with Crippen molar-refractivity contribution in [2.45, 2.75) is 19.6 Å². The van der Waals surface area contributed by atoms with Gasteiger partial charge in [-0.1, -0.05) is 60.1 Å². The van der Waals surface area contributed by atoms with E-state index < -0.39 is 12.0 Å². The third kappa shape index (κ3) is 5.58. The second kappa shape index (κ2) is 11.0. The Hall–Kier alpha value is -3.97. The summed E-state index contributed by atoms with van der Waals surface area (Å²) in [4.78, 5) is 17.6. The molecule has 8 heteroatoms. The molecule has 0 aromatic heterocycles. The molecule has 1 aliphatic rings. The summed E-state index contributed by atoms with van der Waals surface area (Å²) in [6.07, 6.45) is 0. The number of aliphatic imine (C=N–C) groups is 1. The maximum absolute atomic E-state index is 13.1. The second-order valence-corrected chi connectivity index (χ2v) is 8.18. The lowest BCUT2D eigenvalue weighted by atomic mass is 9.93. The van der Waals surface area contributed by atoms with Crippen molar-refractivity contribution >= 4 is 29.2 Å². The van der Waals surface area contributed by atoms with Crippen molar-refractivity contribution in [1.29, 1.82) is 0 Å². The number of benzene rings is 3. The first-order chi connectivity index (χ1) is 17.0. The molecule has 0 fully saturated rings. The Bertz CT molecular complexity index is 1260. The first-order valence-corrected chi connectivity index (χ1v) is 11.5. The number of nitrogens with zero attached hydrogens (tertiary/aromatic N) is 1. The molecule has 0 spiro atoms. The summed E-state index contributed by atoms with van der Waals surface area (Å²) in [5, 5.41) is 3.71. The molecule has 0 bridgehead atoms. The number of carbonyl (C=O) groups is 1. The Morgan fingerprint density at radius 1 is 1.06 bits per heavy atom. The molecule has 0 radical (unpaired) electrons. The van der Waals surface area contributed by atoms with E-state index in [0.29, 0.717) is 40.0 Å². The molecule has 1 atom stereocenters. The highest BCUT2D eigenvalue weighted by molar-refractivity contribution is 6.30. The van der Waals surface area contributed by atoms with Gasteiger partial charge in [0.05, 0.1) is 25.0 Å². The molecule has 0 unspecified atom stereocenters. The standard InChI is InChI=1S/C27H26ClN3O4/c1-3-34-26(32)23-24(18-7-5-4-6-8-18)30-27(29)31-25(23)19-11-14-21(22(15-19)33-2)35-16-17-9-12-20(28)13-10-17/h4-15,25H,3,16H2,1-2H3,(H3,29,30,31)/t25-/m0/s1. The number of ether oxygens (including phenoxy) is 3. The van der Waals surface area contributed by atoms with Crippen molar-refractivity contribution in [3.63, 3.8) is 0 Å². The van der Waals surface area contributed by atoms with Crippen molar-refractivity contribution in [2.24, 2.45) is 10.7 Å². The maximum Gasteiger partial charge on any atom is 0.338 e. The second-order valence-electron chi connectivity index (χ2n) is 7.74. The third-order valence-corrected chi connectivity index (χ3v) is 5.68. The van der Waals surface area contributed by atoms with E-state index in [1.165, 1.54) is 0 Å². The highest BCUT2D eigenvalue weighted by Crippen LogP contribution is 2.38. The van der Waals surface area contributed by atoms with Crippen LogP contribution in [-0.4, -0.2) is 25.6 Å². The Morgan fingerprint density at radius 2 is 1.80 bits per heavy atom. The molecule has 3 N–H and O–H groups in total. The molecule has 4 rings (SSSR count). The average molecular weight is 492 g/mol. The van der Waals surface area contributed by atoms with Crippen LogP contribution in [0.4, 0.5) is 0 Å². The zero-order valence-corrected chi connectivity index (χ0v) is 20.2. The van der Waals surface area contributed by atoms with E-state index in [1.807, 2.05) is 60.7 Å². The van der Waals surface area contributed by atoms with Crippen molar-refractivity contribution in [3.05, 3.63) is 100 Å². The highest BCUT2D eigenvalue weighted by Gasteiger charge is 2.32. The fraction of sp³-hybridized carbons (Fsp3) is 0.185. The van der Waals surface area contributed by atoms with Gasteiger partial charge in [0.25, 0.3) is 0 Å². The number of guanidine groups is 1. The van der Waals surface area contributed by atoms with Gasteiger partial charge in [0.1, 0.15) is 12.6 Å². The number of esters is 1. The van der Waals surface area contributed by atoms with Gasteiger partial charge in [0, 0.05) is 5.02 Å². The van der Waals surface area contributed by atoms with Gasteiger partial charge in [-0.3, -0.25) is 0 Å². The third-order valence-electron chi connectivity index (χ3n) is 5.43. The van der Waals surface area contributed by atoms with E-state index in [-0.39, 0.29) is 12.6 Å². The highest BCUT2D eigenvalue weighted by atomic mass is 35.5. The molecular formula is C27H26ClN3O4. The minimum Gasteiger partial charge on any atom is -0.493 e. The van der Waals surface area contributed by atoms with E-state index in [0.717, 1.165) is 11.1 Å². The largest absolute Gasteiger partial charge is 0.493 e. The number of nitrogens with one attached hydrogen (secondary N) is 1. The minimum atomic E-state index is -0.690. The smallest absolute Gasteiger partial charge is 0.338 e.